The number of rotatable bonds is 18. The predicted molar refractivity (Wildman–Crippen MR) is 294 cm³/mol. The van der Waals surface area contributed by atoms with E-state index < -0.39 is 67.9 Å². The summed E-state index contributed by atoms with van der Waals surface area (Å²) >= 11 is 0. The van der Waals surface area contributed by atoms with E-state index in [1.807, 2.05) is 36.9 Å². The van der Waals surface area contributed by atoms with Gasteiger partial charge in [-0.1, -0.05) is 50.2 Å². The summed E-state index contributed by atoms with van der Waals surface area (Å²) in [5.41, 5.74) is -0.674. The third-order valence-electron chi connectivity index (χ3n) is 14.7. The van der Waals surface area contributed by atoms with Gasteiger partial charge in [0.1, 0.15) is 71.4 Å². The number of ether oxygens (including phenoxy) is 2. The second kappa shape index (κ2) is 59.6. The quantitative estimate of drug-likeness (QED) is 0.0482. The Kier molecular flexibility index (Phi) is 76.3. The summed E-state index contributed by atoms with van der Waals surface area (Å²) in [4.78, 5) is 81.4. The van der Waals surface area contributed by atoms with Crippen molar-refractivity contribution in [2.45, 2.75) is 135 Å². The van der Waals surface area contributed by atoms with E-state index in [2.05, 4.69) is 83.9 Å². The molecule has 462 valence electrons. The number of benzene rings is 2. The van der Waals surface area contributed by atoms with Gasteiger partial charge in [0.05, 0.1) is 32.2 Å². The maximum absolute atomic E-state index is 13.7. The number of amides is 2. The van der Waals surface area contributed by atoms with Crippen molar-refractivity contribution in [1.29, 1.82) is 5.26 Å². The first-order valence-electron chi connectivity index (χ1n) is 26.3. The maximum Gasteiger partial charge on any atom is 0.351 e. The number of nitriles is 1. The summed E-state index contributed by atoms with van der Waals surface area (Å²) in [7, 11) is -1.61. The molecular formula is C55H65Cd8Ce8N14O9P. The van der Waals surface area contributed by atoms with Crippen LogP contribution in [0.25, 0.3) is 0 Å². The standard InChI is InChI=1S/C32H41N8O5P.C23H24N6O4.8Cd.8Ce/c1-7-32-19-39(25-14-16-34-20-35-25)26(27(32)45-46(43-17-11-15-33)40(21(2)3)22(4)5)30(44-32)38-18-23(6)28(37-31(38)42)36-29(41)24-12-9-8-10-13-24;1-3-23-12-29(16-9-10-24-13-25-16)17(18(23)30)21(33-23)28-11-14(2)19(27-22(28)32)26-20(31)15-7-5-4-6-8-15;;;;;;;;;;;;;;;;/h8-10,12-14,16,18,20-22,26-27,30H,7,11,17,19H2,1-6H3,(H,36,37,41,42);4-11,13,17-18,21,30H,3,12H2,1-2H3,(H,26,27,31,32);;;;;;;;;;;;;;;;/t26-,27+,30-,32+,46?;17-,18+,21-,23+;;;;;;;;;;;;;;;;/m11................/s1. The molecule has 23 nitrogen and oxygen atoms in total. The Morgan fingerprint density at radius 3 is 1.41 bits per heavy atom. The molecule has 2 amide bonds. The molecule has 0 aliphatic carbocycles. The van der Waals surface area contributed by atoms with Gasteiger partial charge in [0.25, 0.3) is 20.3 Å². The Labute approximate surface area is 987 Å². The molecular weight excluding hydrogens is 3050 g/mol. The molecule has 2 aromatic carbocycles. The summed E-state index contributed by atoms with van der Waals surface area (Å²) < 4.78 is 31.4. The Morgan fingerprint density at radius 2 is 1.04 bits per heavy atom. The zero-order chi connectivity index (χ0) is 56.2. The molecule has 4 aliphatic heterocycles. The normalized spacial score (nSPS) is 20.1. The SMILES string of the molecule is CC[C@@]12CN(c3ccncn3)[C@@H]([C@H](n3cc(C)c(NC(=O)c4ccccc4)nc3=O)O1)[C@@H]2O.CC[C@@]12CN(c3ccncn3)[C@@H]([C@H](n3cc(C)c(NC(=O)c4ccccc4)nc3=O)O1)[C@@H]2OP(OCCC#N)N(C(C)C)C(C)C.[Cd].[Cd].[Cd].[Cd].[Cd].[Cd].[Cd].[Cd].[Ce].[Ce].[Ce].[Ce].[Ce].[Ce].[Ce].[Ce]. The minimum atomic E-state index is -1.61. The van der Waals surface area contributed by atoms with Crippen LogP contribution in [0.15, 0.2) is 120 Å². The number of aliphatic hydroxyl groups is 1. The van der Waals surface area contributed by atoms with Gasteiger partial charge in [-0.3, -0.25) is 18.7 Å². The first-order chi connectivity index (χ1) is 38.0. The predicted octanol–water partition coefficient (Wildman–Crippen LogP) is 6.32. The van der Waals surface area contributed by atoms with Crippen LogP contribution < -0.4 is 31.8 Å². The Hall–Kier alpha value is 11.0. The Morgan fingerprint density at radius 1 is 0.653 bits per heavy atom. The van der Waals surface area contributed by atoms with Gasteiger partial charge in [-0.05, 0) is 90.8 Å². The van der Waals surface area contributed by atoms with Crippen LogP contribution in [0.1, 0.15) is 105 Å². The number of fused-ring (bicyclic) bond motifs is 4. The van der Waals surface area contributed by atoms with Gasteiger partial charge in [0, 0.05) is 611 Å². The van der Waals surface area contributed by atoms with Crippen molar-refractivity contribution in [2.75, 3.05) is 40.1 Å². The second-order valence-corrected chi connectivity index (χ2v) is 21.7. The van der Waals surface area contributed by atoms with Crippen molar-refractivity contribution >= 4 is 43.6 Å². The van der Waals surface area contributed by atoms with Crippen LogP contribution in [0.5, 0.6) is 0 Å². The van der Waals surface area contributed by atoms with Crippen LogP contribution in [0.3, 0.4) is 0 Å². The van der Waals surface area contributed by atoms with E-state index in [4.69, 9.17) is 18.5 Å². The number of anilines is 4. The van der Waals surface area contributed by atoms with E-state index >= 15 is 0 Å². The number of nitrogens with zero attached hydrogens (tertiary/aromatic N) is 12. The fraction of sp³-hybridized carbons (Fsp3) is 0.436. The number of aliphatic hydroxyl groups excluding tert-OH is 1. The van der Waals surface area contributed by atoms with Gasteiger partial charge < -0.3 is 44.1 Å². The van der Waals surface area contributed by atoms with Gasteiger partial charge >= 0.3 is 11.4 Å². The first kappa shape index (κ1) is 122. The molecule has 9 atom stereocenters. The van der Waals surface area contributed by atoms with E-state index in [9.17, 15) is 29.5 Å². The molecule has 6 aromatic rings. The van der Waals surface area contributed by atoms with Crippen LogP contribution in [-0.2, 0) is 237 Å². The molecule has 4 aliphatic rings. The molecule has 40 heteroatoms. The van der Waals surface area contributed by atoms with E-state index in [0.29, 0.717) is 59.8 Å². The third kappa shape index (κ3) is 30.8. The minimum absolute atomic E-state index is 0. The number of carbonyl (C=O) groups excluding carboxylic acids is 2. The zero-order valence-corrected chi connectivity index (χ0v) is 113. The largest absolute Gasteiger partial charge is 0.388 e. The summed E-state index contributed by atoms with van der Waals surface area (Å²) in [6.45, 7) is 17.0. The molecule has 0 saturated carbocycles. The Balaban J connectivity index is -0.000000234. The molecule has 95 heavy (non-hydrogen) atoms. The van der Waals surface area contributed by atoms with E-state index in [0.717, 1.165) is 0 Å². The number of aryl methyl sites for hydroxylation is 2. The average molecular weight is 3120 g/mol. The molecule has 3 N–H and O–H groups in total. The van der Waals surface area contributed by atoms with E-state index in [1.165, 1.54) is 21.8 Å². The van der Waals surface area contributed by atoms with Crippen LogP contribution in [0, 0.1) is 359 Å². The number of hydrogen-bond donors (Lipinski definition) is 3. The topological polar surface area (TPSA) is 270 Å². The fourth-order valence-electron chi connectivity index (χ4n) is 10.8. The average Bonchev–Trinajstić information content (AvgIpc) is 1.56. The third-order valence-corrected chi connectivity index (χ3v) is 16.8. The maximum atomic E-state index is 13.7. The number of morpholine rings is 2. The van der Waals surface area contributed by atoms with E-state index in [1.54, 1.807) is 93.2 Å². The molecule has 0 radical (unpaired) electrons. The van der Waals surface area contributed by atoms with Crippen LogP contribution in [0.2, 0.25) is 0 Å². The van der Waals surface area contributed by atoms with Crippen molar-refractivity contribution in [1.82, 2.24) is 43.7 Å². The summed E-state index contributed by atoms with van der Waals surface area (Å²) in [5, 5.41) is 25.8. The molecule has 8 heterocycles. The molecule has 0 spiro atoms. The Bertz CT molecular complexity index is 3340. The fourth-order valence-corrected chi connectivity index (χ4v) is 12.6. The van der Waals surface area contributed by atoms with Crippen LogP contribution in [0.4, 0.5) is 23.3 Å². The van der Waals surface area contributed by atoms with Gasteiger partial charge in [0.15, 0.2) is 12.5 Å². The van der Waals surface area contributed by atoms with E-state index in [-0.39, 0.29) is 601 Å². The second-order valence-electron chi connectivity index (χ2n) is 20.3. The molecule has 1 unspecified atom stereocenters. The number of aromatic nitrogens is 8. The summed E-state index contributed by atoms with van der Waals surface area (Å²) in [6, 6.07) is 22.4. The van der Waals surface area contributed by atoms with Crippen LogP contribution in [-0.4, -0.2) is 128 Å². The minimum Gasteiger partial charge on any atom is -0.388 e. The summed E-state index contributed by atoms with van der Waals surface area (Å²) in [5.74, 6) is 0.995. The smallest absolute Gasteiger partial charge is 0.351 e. The van der Waals surface area contributed by atoms with Crippen molar-refractivity contribution in [3.05, 3.63) is 153 Å². The zero-order valence-electron chi connectivity index (χ0n) is 54.9. The van der Waals surface area contributed by atoms with Crippen molar-refractivity contribution in [3.8, 4) is 6.07 Å². The number of hydrogen-bond acceptors (Lipinski definition) is 19. The van der Waals surface area contributed by atoms with Crippen molar-refractivity contribution in [3.63, 3.8) is 0 Å². The molecule has 4 fully saturated rings. The molecule has 10 rings (SSSR count). The summed E-state index contributed by atoms with van der Waals surface area (Å²) in [6.07, 6.45) is 8.04. The van der Waals surface area contributed by atoms with Gasteiger partial charge in [-0.25, -0.2) is 34.2 Å². The van der Waals surface area contributed by atoms with Gasteiger partial charge in [-0.2, -0.15) is 15.2 Å². The number of nitrogens with one attached hydrogen (secondary N) is 2. The number of carbonyl (C=O) groups is 2. The van der Waals surface area contributed by atoms with Gasteiger partial charge in [0.2, 0.25) is 0 Å². The molecule has 4 saturated heterocycles. The van der Waals surface area contributed by atoms with Crippen molar-refractivity contribution < 1.29 is 586 Å². The van der Waals surface area contributed by atoms with Crippen molar-refractivity contribution in [2.24, 2.45) is 0 Å². The monoisotopic (exact) mass is 3130 g/mol. The van der Waals surface area contributed by atoms with Crippen LogP contribution >= 0.6 is 8.53 Å². The van der Waals surface area contributed by atoms with Gasteiger partial charge in [-0.15, -0.1) is 0 Å². The first-order valence-corrected chi connectivity index (χ1v) is 27.4. The molecule has 4 aromatic heterocycles. The molecule has 4 bridgehead atoms.